The predicted octanol–water partition coefficient (Wildman–Crippen LogP) is 3.34. The molecule has 1 aromatic rings. The van der Waals surface area contributed by atoms with Gasteiger partial charge >= 0.3 is 0 Å². The first-order valence-electron chi connectivity index (χ1n) is 10.3. The molecule has 1 saturated heterocycles. The topological polar surface area (TPSA) is 61.8 Å². The van der Waals surface area contributed by atoms with E-state index < -0.39 is 0 Å². The van der Waals surface area contributed by atoms with Crippen LogP contribution in [0.1, 0.15) is 51.2 Å². The third kappa shape index (κ3) is 8.51. The summed E-state index contributed by atoms with van der Waals surface area (Å²) < 4.78 is 5.50. The Labute approximate surface area is 192 Å². The fourth-order valence-electron chi connectivity index (χ4n) is 3.20. The molecule has 0 aliphatic carbocycles. The number of thiazole rings is 1. The van der Waals surface area contributed by atoms with Crippen molar-refractivity contribution in [2.45, 2.75) is 53.0 Å². The Hall–Kier alpha value is -0.450. The molecule has 6 nitrogen and oxygen atoms in total. The summed E-state index contributed by atoms with van der Waals surface area (Å²) in [6.07, 6.45) is 0.921. The molecule has 1 aliphatic rings. The monoisotopic (exact) mass is 523 g/mol. The summed E-state index contributed by atoms with van der Waals surface area (Å²) in [5, 5.41) is 10.2. The fraction of sp³-hybridized carbons (Fsp3) is 0.800. The number of morpholine rings is 1. The molecule has 1 aromatic heterocycles. The number of rotatable bonds is 9. The number of aliphatic imine (C=N–C) groups is 1. The van der Waals surface area contributed by atoms with Gasteiger partial charge in [-0.25, -0.2) is 4.98 Å². The van der Waals surface area contributed by atoms with E-state index in [4.69, 9.17) is 14.7 Å². The zero-order valence-electron chi connectivity index (χ0n) is 18.0. The Balaban J connectivity index is 0.00000392. The number of guanidine groups is 1. The van der Waals surface area contributed by atoms with E-state index in [9.17, 15) is 0 Å². The number of nitrogens with zero attached hydrogens (tertiary/aromatic N) is 3. The van der Waals surface area contributed by atoms with Crippen LogP contribution in [0, 0.1) is 5.92 Å². The zero-order valence-corrected chi connectivity index (χ0v) is 21.2. The van der Waals surface area contributed by atoms with Crippen molar-refractivity contribution in [3.8, 4) is 0 Å². The van der Waals surface area contributed by atoms with Crippen molar-refractivity contribution in [3.63, 3.8) is 0 Å². The van der Waals surface area contributed by atoms with Gasteiger partial charge in [-0.15, -0.1) is 35.3 Å². The zero-order chi connectivity index (χ0) is 19.6. The predicted molar refractivity (Wildman–Crippen MR) is 130 cm³/mol. The molecule has 28 heavy (non-hydrogen) atoms. The van der Waals surface area contributed by atoms with Crippen LogP contribution in [-0.2, 0) is 11.2 Å². The normalized spacial score (nSPS) is 16.9. The van der Waals surface area contributed by atoms with Gasteiger partial charge in [0.05, 0.1) is 30.5 Å². The molecular formula is C20H38IN5OS. The number of nitrogens with one attached hydrogen (secondary N) is 2. The smallest absolute Gasteiger partial charge is 0.191 e. The molecule has 1 atom stereocenters. The number of hydrogen-bond acceptors (Lipinski definition) is 5. The first kappa shape index (κ1) is 25.6. The van der Waals surface area contributed by atoms with Crippen molar-refractivity contribution in [3.05, 3.63) is 16.1 Å². The lowest BCUT2D eigenvalue weighted by Gasteiger charge is -2.36. The molecule has 0 radical (unpaired) electrons. The molecule has 1 unspecified atom stereocenters. The van der Waals surface area contributed by atoms with E-state index in [1.807, 2.05) is 0 Å². The van der Waals surface area contributed by atoms with Crippen LogP contribution >= 0.6 is 35.3 Å². The Morgan fingerprint density at radius 1 is 1.25 bits per heavy atom. The summed E-state index contributed by atoms with van der Waals surface area (Å²) in [7, 11) is 0. The highest BCUT2D eigenvalue weighted by atomic mass is 127. The van der Waals surface area contributed by atoms with Gasteiger partial charge in [-0.05, 0) is 12.8 Å². The maximum absolute atomic E-state index is 5.50. The highest BCUT2D eigenvalue weighted by Gasteiger charge is 2.23. The van der Waals surface area contributed by atoms with E-state index >= 15 is 0 Å². The average molecular weight is 524 g/mol. The molecule has 0 spiro atoms. The van der Waals surface area contributed by atoms with E-state index in [-0.39, 0.29) is 24.0 Å². The molecule has 2 N–H and O–H groups in total. The molecule has 1 fully saturated rings. The van der Waals surface area contributed by atoms with E-state index in [0.29, 0.717) is 17.9 Å². The van der Waals surface area contributed by atoms with Gasteiger partial charge in [-0.3, -0.25) is 9.89 Å². The van der Waals surface area contributed by atoms with E-state index in [1.54, 1.807) is 11.3 Å². The van der Waals surface area contributed by atoms with Crippen molar-refractivity contribution in [1.29, 1.82) is 0 Å². The minimum atomic E-state index is 0. The molecular weight excluding hydrogens is 485 g/mol. The number of hydrogen-bond donors (Lipinski definition) is 2. The molecule has 162 valence electrons. The Bertz CT molecular complexity index is 573. The lowest BCUT2D eigenvalue weighted by Crippen LogP contribution is -2.48. The maximum Gasteiger partial charge on any atom is 0.191 e. The van der Waals surface area contributed by atoms with Crippen molar-refractivity contribution >= 4 is 41.3 Å². The second-order valence-corrected chi connectivity index (χ2v) is 8.58. The van der Waals surface area contributed by atoms with Gasteiger partial charge in [0.2, 0.25) is 0 Å². The lowest BCUT2D eigenvalue weighted by atomic mass is 10.0. The summed E-state index contributed by atoms with van der Waals surface area (Å²) in [5.41, 5.74) is 1.17. The molecule has 2 rings (SSSR count). The van der Waals surface area contributed by atoms with Crippen molar-refractivity contribution in [2.75, 3.05) is 45.9 Å². The van der Waals surface area contributed by atoms with Crippen LogP contribution in [0.5, 0.6) is 0 Å². The molecule has 0 bridgehead atoms. The van der Waals surface area contributed by atoms with Crippen LogP contribution in [0.4, 0.5) is 0 Å². The second-order valence-electron chi connectivity index (χ2n) is 7.69. The van der Waals surface area contributed by atoms with Gasteiger partial charge in [0.25, 0.3) is 0 Å². The highest BCUT2D eigenvalue weighted by Crippen LogP contribution is 2.19. The summed E-state index contributed by atoms with van der Waals surface area (Å²) in [4.78, 5) is 12.1. The molecule has 1 aliphatic heterocycles. The number of aromatic nitrogens is 1. The van der Waals surface area contributed by atoms with Crippen molar-refractivity contribution < 1.29 is 4.74 Å². The Morgan fingerprint density at radius 2 is 1.96 bits per heavy atom. The van der Waals surface area contributed by atoms with Gasteiger partial charge < -0.3 is 15.4 Å². The molecule has 0 amide bonds. The SMILES string of the molecule is CCNC(=NCC(C(C)C)N1CCOCC1)NCCc1csc(C(C)C)n1.I. The Morgan fingerprint density at radius 3 is 2.54 bits per heavy atom. The molecule has 0 aromatic carbocycles. The first-order chi connectivity index (χ1) is 13.0. The average Bonchev–Trinajstić information content (AvgIpc) is 3.12. The minimum absolute atomic E-state index is 0. The Kier molecular flexibility index (Phi) is 12.5. The van der Waals surface area contributed by atoms with Crippen molar-refractivity contribution in [1.82, 2.24) is 20.5 Å². The van der Waals surface area contributed by atoms with Crippen LogP contribution in [0.3, 0.4) is 0 Å². The van der Waals surface area contributed by atoms with Gasteiger partial charge in [-0.2, -0.15) is 0 Å². The van der Waals surface area contributed by atoms with Crippen LogP contribution in [0.25, 0.3) is 0 Å². The minimum Gasteiger partial charge on any atom is -0.379 e. The number of ether oxygens (including phenoxy) is 1. The quantitative estimate of drug-likeness (QED) is 0.296. The number of halogens is 1. The van der Waals surface area contributed by atoms with Crippen molar-refractivity contribution in [2.24, 2.45) is 10.9 Å². The largest absolute Gasteiger partial charge is 0.379 e. The van der Waals surface area contributed by atoms with E-state index in [0.717, 1.165) is 58.3 Å². The molecule has 8 heteroatoms. The van der Waals surface area contributed by atoms with Crippen LogP contribution in [0.2, 0.25) is 0 Å². The van der Waals surface area contributed by atoms with Gasteiger partial charge in [0.15, 0.2) is 5.96 Å². The summed E-state index contributed by atoms with van der Waals surface area (Å²) in [5.74, 6) is 1.97. The standard InChI is InChI=1S/C20H37N5OS.HI/c1-6-21-20(22-8-7-17-14-27-19(24-17)16(4)5)23-13-18(15(2)3)25-9-11-26-12-10-25;/h14-16,18H,6-13H2,1-5H3,(H2,21,22,23);1H. The summed E-state index contributed by atoms with van der Waals surface area (Å²) >= 11 is 1.76. The maximum atomic E-state index is 5.50. The van der Waals surface area contributed by atoms with Crippen LogP contribution < -0.4 is 10.6 Å². The summed E-state index contributed by atoms with van der Waals surface area (Å²) in [6.45, 7) is 17.2. The van der Waals surface area contributed by atoms with Gasteiger partial charge in [-0.1, -0.05) is 27.7 Å². The third-order valence-corrected chi connectivity index (χ3v) is 6.00. The van der Waals surface area contributed by atoms with E-state index in [2.05, 4.69) is 55.5 Å². The molecule has 2 heterocycles. The fourth-order valence-corrected chi connectivity index (χ4v) is 4.06. The highest BCUT2D eigenvalue weighted by molar-refractivity contribution is 14.0. The lowest BCUT2D eigenvalue weighted by molar-refractivity contribution is 0.00867. The summed E-state index contributed by atoms with van der Waals surface area (Å²) in [6, 6.07) is 0.455. The van der Waals surface area contributed by atoms with E-state index in [1.165, 1.54) is 10.7 Å². The second kappa shape index (κ2) is 13.7. The van der Waals surface area contributed by atoms with Gasteiger partial charge in [0.1, 0.15) is 0 Å². The van der Waals surface area contributed by atoms with Crippen LogP contribution in [-0.4, -0.2) is 67.8 Å². The van der Waals surface area contributed by atoms with Crippen LogP contribution in [0.15, 0.2) is 10.4 Å². The third-order valence-electron chi connectivity index (χ3n) is 4.80. The first-order valence-corrected chi connectivity index (χ1v) is 11.2. The molecule has 0 saturated carbocycles. The van der Waals surface area contributed by atoms with Gasteiger partial charge in [0, 0.05) is 49.9 Å².